The van der Waals surface area contributed by atoms with Crippen LogP contribution in [0.25, 0.3) is 0 Å². The van der Waals surface area contributed by atoms with Gasteiger partial charge in [0.05, 0.1) is 12.7 Å². The predicted octanol–water partition coefficient (Wildman–Crippen LogP) is 3.47. The number of amides is 2. The maximum absolute atomic E-state index is 12.9. The van der Waals surface area contributed by atoms with Gasteiger partial charge in [0.1, 0.15) is 11.6 Å². The van der Waals surface area contributed by atoms with Crippen LogP contribution in [-0.4, -0.2) is 48.6 Å². The smallest absolute Gasteiger partial charge is 0.252 e. The predicted molar refractivity (Wildman–Crippen MR) is 124 cm³/mol. The third-order valence-corrected chi connectivity index (χ3v) is 6.63. The summed E-state index contributed by atoms with van der Waals surface area (Å²) in [6, 6.07) is 10.2. The van der Waals surface area contributed by atoms with Crippen molar-refractivity contribution >= 4 is 17.6 Å². The summed E-state index contributed by atoms with van der Waals surface area (Å²) >= 11 is 0. The summed E-state index contributed by atoms with van der Waals surface area (Å²) in [6.07, 6.45) is 6.55. The van der Waals surface area contributed by atoms with Crippen molar-refractivity contribution in [2.24, 2.45) is 0 Å². The molecule has 0 aliphatic carbocycles. The average molecular weight is 437 g/mol. The lowest BCUT2D eigenvalue weighted by molar-refractivity contribution is 0.0924. The highest BCUT2D eigenvalue weighted by molar-refractivity contribution is 5.96. The number of nitrogens with zero attached hydrogens (tertiary/aromatic N) is 2. The fourth-order valence-corrected chi connectivity index (χ4v) is 5.03. The van der Waals surface area contributed by atoms with E-state index in [0.29, 0.717) is 29.8 Å². The first-order chi connectivity index (χ1) is 15.5. The van der Waals surface area contributed by atoms with Gasteiger partial charge in [0.15, 0.2) is 0 Å². The summed E-state index contributed by atoms with van der Waals surface area (Å²) in [7, 11) is 1.62. The number of aromatic nitrogens is 1. The fraction of sp³-hybridized carbons (Fsp3) is 0.480. The number of fused-ring (bicyclic) bond motifs is 2. The second kappa shape index (κ2) is 9.59. The van der Waals surface area contributed by atoms with Crippen molar-refractivity contribution in [3.63, 3.8) is 0 Å². The summed E-state index contributed by atoms with van der Waals surface area (Å²) in [5, 5.41) is 6.13. The van der Waals surface area contributed by atoms with Gasteiger partial charge in [0.25, 0.3) is 11.8 Å². The van der Waals surface area contributed by atoms with E-state index in [1.54, 1.807) is 13.3 Å². The molecule has 0 radical (unpaired) electrons. The Bertz CT molecular complexity index is 962. The molecule has 2 aliphatic rings. The van der Waals surface area contributed by atoms with Crippen LogP contribution >= 0.6 is 0 Å². The van der Waals surface area contributed by atoms with E-state index in [-0.39, 0.29) is 17.9 Å². The number of hydrogen-bond acceptors (Lipinski definition) is 5. The molecule has 1 aromatic heterocycles. The Balaban J connectivity index is 1.41. The van der Waals surface area contributed by atoms with Crippen molar-refractivity contribution in [3.05, 3.63) is 53.2 Å². The Labute approximate surface area is 189 Å². The molecule has 2 fully saturated rings. The van der Waals surface area contributed by atoms with Crippen LogP contribution in [0.15, 0.2) is 36.5 Å². The second-order valence-corrected chi connectivity index (χ2v) is 8.73. The van der Waals surface area contributed by atoms with E-state index in [2.05, 4.69) is 20.5 Å². The van der Waals surface area contributed by atoms with Crippen LogP contribution < -0.4 is 20.3 Å². The molecule has 0 spiro atoms. The zero-order valence-corrected chi connectivity index (χ0v) is 19.1. The zero-order chi connectivity index (χ0) is 22.7. The number of pyridine rings is 1. The monoisotopic (exact) mass is 436 g/mol. The average Bonchev–Trinajstić information content (AvgIpc) is 3.07. The minimum atomic E-state index is -0.0804. The van der Waals surface area contributed by atoms with E-state index in [9.17, 15) is 9.59 Å². The number of rotatable bonds is 7. The summed E-state index contributed by atoms with van der Waals surface area (Å²) < 4.78 is 5.36. The molecule has 170 valence electrons. The minimum absolute atomic E-state index is 0.0418. The molecule has 4 rings (SSSR count). The summed E-state index contributed by atoms with van der Waals surface area (Å²) in [5.41, 5.74) is 2.11. The van der Waals surface area contributed by atoms with E-state index in [1.165, 1.54) is 0 Å². The number of piperidine rings is 1. The molecule has 2 saturated heterocycles. The highest BCUT2D eigenvalue weighted by Gasteiger charge is 2.41. The summed E-state index contributed by atoms with van der Waals surface area (Å²) in [4.78, 5) is 32.1. The van der Waals surface area contributed by atoms with Gasteiger partial charge in [-0.1, -0.05) is 13.0 Å². The Hall–Kier alpha value is -3.09. The van der Waals surface area contributed by atoms with Crippen LogP contribution in [0, 0.1) is 6.92 Å². The van der Waals surface area contributed by atoms with E-state index in [4.69, 9.17) is 4.74 Å². The molecule has 2 unspecified atom stereocenters. The van der Waals surface area contributed by atoms with Gasteiger partial charge in [0.2, 0.25) is 0 Å². The van der Waals surface area contributed by atoms with Crippen molar-refractivity contribution < 1.29 is 14.3 Å². The maximum Gasteiger partial charge on any atom is 0.252 e. The maximum atomic E-state index is 12.9. The highest BCUT2D eigenvalue weighted by atomic mass is 16.5. The summed E-state index contributed by atoms with van der Waals surface area (Å²) in [6.45, 7) is 4.61. The molecule has 2 amide bonds. The van der Waals surface area contributed by atoms with Crippen molar-refractivity contribution in [3.8, 4) is 5.75 Å². The lowest BCUT2D eigenvalue weighted by atomic mass is 9.96. The molecule has 32 heavy (non-hydrogen) atoms. The van der Waals surface area contributed by atoms with Gasteiger partial charge in [-0.3, -0.25) is 9.59 Å². The van der Waals surface area contributed by atoms with Gasteiger partial charge < -0.3 is 20.3 Å². The quantitative estimate of drug-likeness (QED) is 0.694. The molecule has 2 aliphatic heterocycles. The Kier molecular flexibility index (Phi) is 6.63. The van der Waals surface area contributed by atoms with E-state index in [0.717, 1.165) is 49.2 Å². The number of ether oxygens (including phenoxy) is 1. The normalized spacial score (nSPS) is 21.8. The molecule has 0 saturated carbocycles. The van der Waals surface area contributed by atoms with Crippen LogP contribution in [-0.2, 0) is 0 Å². The number of benzene rings is 1. The third-order valence-electron chi connectivity index (χ3n) is 6.63. The second-order valence-electron chi connectivity index (χ2n) is 8.73. The van der Waals surface area contributed by atoms with Gasteiger partial charge in [-0.15, -0.1) is 0 Å². The molecule has 2 atom stereocenters. The van der Waals surface area contributed by atoms with Crippen molar-refractivity contribution in [2.45, 2.75) is 64.1 Å². The fourth-order valence-electron chi connectivity index (χ4n) is 5.03. The SMILES string of the molecule is CCCNC(=O)c1ccc(N2C3CCC2CC(NC(=O)c2cccc(OC)c2C)C3)nc1. The van der Waals surface area contributed by atoms with E-state index in [1.807, 2.05) is 44.2 Å². The molecular formula is C25H32N4O3. The first-order valence-corrected chi connectivity index (χ1v) is 11.5. The largest absolute Gasteiger partial charge is 0.496 e. The van der Waals surface area contributed by atoms with Gasteiger partial charge in [-0.2, -0.15) is 0 Å². The minimum Gasteiger partial charge on any atom is -0.496 e. The Morgan fingerprint density at radius 1 is 1.12 bits per heavy atom. The Morgan fingerprint density at radius 2 is 1.88 bits per heavy atom. The number of anilines is 1. The van der Waals surface area contributed by atoms with Crippen LogP contribution in [0.5, 0.6) is 5.75 Å². The third kappa shape index (κ3) is 4.42. The molecule has 2 bridgehead atoms. The molecular weight excluding hydrogens is 404 g/mol. The number of carbonyl (C=O) groups excluding carboxylic acids is 2. The molecule has 1 aromatic carbocycles. The number of nitrogens with one attached hydrogen (secondary N) is 2. The van der Waals surface area contributed by atoms with Crippen molar-refractivity contribution in [2.75, 3.05) is 18.6 Å². The van der Waals surface area contributed by atoms with E-state index < -0.39 is 0 Å². The first kappa shape index (κ1) is 22.1. The van der Waals surface area contributed by atoms with Crippen LogP contribution in [0.3, 0.4) is 0 Å². The van der Waals surface area contributed by atoms with Gasteiger partial charge >= 0.3 is 0 Å². The van der Waals surface area contributed by atoms with Gasteiger partial charge in [0, 0.05) is 42.0 Å². The zero-order valence-electron chi connectivity index (χ0n) is 19.1. The van der Waals surface area contributed by atoms with Crippen molar-refractivity contribution in [1.29, 1.82) is 0 Å². The van der Waals surface area contributed by atoms with Gasteiger partial charge in [-0.05, 0) is 63.3 Å². The molecule has 2 N–H and O–H groups in total. The lowest BCUT2D eigenvalue weighted by Crippen LogP contribution is -2.50. The highest BCUT2D eigenvalue weighted by Crippen LogP contribution is 2.38. The van der Waals surface area contributed by atoms with Crippen LogP contribution in [0.1, 0.15) is 65.3 Å². The summed E-state index contributed by atoms with van der Waals surface area (Å²) in [5.74, 6) is 1.52. The Morgan fingerprint density at radius 3 is 2.50 bits per heavy atom. The molecule has 2 aromatic rings. The topological polar surface area (TPSA) is 83.6 Å². The number of methoxy groups -OCH3 is 1. The lowest BCUT2D eigenvalue weighted by Gasteiger charge is -2.40. The number of hydrogen-bond donors (Lipinski definition) is 2. The first-order valence-electron chi connectivity index (χ1n) is 11.5. The van der Waals surface area contributed by atoms with E-state index >= 15 is 0 Å². The van der Waals surface area contributed by atoms with Crippen LogP contribution in [0.2, 0.25) is 0 Å². The van der Waals surface area contributed by atoms with Crippen molar-refractivity contribution in [1.82, 2.24) is 15.6 Å². The van der Waals surface area contributed by atoms with Gasteiger partial charge in [-0.25, -0.2) is 4.98 Å². The molecule has 7 heteroatoms. The molecule has 3 heterocycles. The standard InChI is InChI=1S/C25H32N4O3/c1-4-12-26-24(30)17-8-11-23(27-15-17)29-19-9-10-20(29)14-18(13-19)28-25(31)21-6-5-7-22(32-3)16(21)2/h5-8,11,15,18-20H,4,9-10,12-14H2,1-3H3,(H,26,30)(H,28,31). The number of carbonyl (C=O) groups is 2. The van der Waals surface area contributed by atoms with Crippen LogP contribution in [0.4, 0.5) is 5.82 Å². The molecule has 7 nitrogen and oxygen atoms in total.